The number of ether oxygens (including phenoxy) is 5. The molecule has 1 aromatic heterocycles. The second kappa shape index (κ2) is 47.0. The quantitative estimate of drug-likeness (QED) is 0.0132. The molecule has 1 aliphatic carbocycles. The number of anilines is 1. The van der Waals surface area contributed by atoms with Gasteiger partial charge in [-0.05, 0) is 128 Å². The zero-order valence-corrected chi connectivity index (χ0v) is 78.3. The van der Waals surface area contributed by atoms with Crippen molar-refractivity contribution in [2.45, 2.75) is 173 Å². The van der Waals surface area contributed by atoms with Crippen LogP contribution in [0.4, 0.5) is 20.2 Å². The summed E-state index contributed by atoms with van der Waals surface area (Å²) in [5.74, 6) is -5.48. The number of aryl methyl sites for hydroxylation is 2. The predicted molar refractivity (Wildman–Crippen MR) is 426 cm³/mol. The van der Waals surface area contributed by atoms with E-state index in [-0.39, 0.29) is 171 Å². The van der Waals surface area contributed by atoms with Crippen molar-refractivity contribution in [3.05, 3.63) is 183 Å². The SMILES string of the molecule is Cc1ccc2c(c1)C(C)(C)C(=CC=C1CCCC(C=CC3=[N+](CCCCS(=O)(=O)[O-])c4cc[c-]cc4C3(C)C)=C1Oc1ccc(CCC(=O)NCCOCCOCCOCCOCCC(=O)NCc3cn(Cc4cccc5c4CN(C(=O)C[C@@H]4C[C@@H](C(=O)N6CC(F)(F)C[C@H]6C#N)NC4=O)C5)nn3)cc1)N2CCCCS(=O)(=O)[O-].O=S(=O)=O.[Na+].[Na+].[Na+]. The Morgan fingerprint density at radius 1 is 0.802 bits per heavy atom. The third-order valence-electron chi connectivity index (χ3n) is 21.6. The first-order chi connectivity index (χ1) is 56.2. The zero-order valence-electron chi connectivity index (χ0n) is 69.9. The van der Waals surface area contributed by atoms with Crippen LogP contribution < -0.4 is 114 Å². The van der Waals surface area contributed by atoms with Crippen LogP contribution in [0.25, 0.3) is 0 Å². The van der Waals surface area contributed by atoms with Gasteiger partial charge in [0.1, 0.15) is 41.5 Å². The number of rotatable bonds is 40. The van der Waals surface area contributed by atoms with E-state index in [9.17, 15) is 64.0 Å². The Morgan fingerprint density at radius 2 is 1.47 bits per heavy atom. The van der Waals surface area contributed by atoms with Crippen molar-refractivity contribution in [1.29, 1.82) is 5.26 Å². The molecule has 5 amide bonds. The summed E-state index contributed by atoms with van der Waals surface area (Å²) in [6.45, 7) is 14.7. The van der Waals surface area contributed by atoms with Gasteiger partial charge in [-0.3, -0.25) is 24.0 Å². The molecule has 4 aromatic carbocycles. The third kappa shape index (κ3) is 29.4. The molecule has 636 valence electrons. The molecule has 3 N–H and O–H groups in total. The molecule has 3 atom stereocenters. The van der Waals surface area contributed by atoms with E-state index in [1.165, 1.54) is 0 Å². The van der Waals surface area contributed by atoms with Gasteiger partial charge in [0.15, 0.2) is 5.71 Å². The van der Waals surface area contributed by atoms with E-state index >= 15 is 0 Å². The number of nitriles is 1. The number of hydrogen-bond donors (Lipinski definition) is 3. The van der Waals surface area contributed by atoms with Crippen LogP contribution in [-0.4, -0.2) is 212 Å². The molecule has 121 heavy (non-hydrogen) atoms. The average molecular weight is 1760 g/mol. The van der Waals surface area contributed by atoms with E-state index in [2.05, 4.69) is 119 Å². The van der Waals surface area contributed by atoms with Crippen molar-refractivity contribution in [3.63, 3.8) is 0 Å². The monoisotopic (exact) mass is 1760 g/mol. The van der Waals surface area contributed by atoms with Crippen LogP contribution >= 0.6 is 0 Å². The number of carbonyl (C=O) groups excluding carboxylic acids is 5. The summed E-state index contributed by atoms with van der Waals surface area (Å²) in [4.78, 5) is 69.8. The van der Waals surface area contributed by atoms with E-state index in [1.807, 2.05) is 60.7 Å². The fourth-order valence-corrected chi connectivity index (χ4v) is 16.7. The number of aromatic nitrogens is 3. The number of hydrogen-bond acceptors (Lipinski definition) is 23. The molecule has 30 nitrogen and oxygen atoms in total. The molecule has 5 aliphatic heterocycles. The van der Waals surface area contributed by atoms with Gasteiger partial charge in [-0.25, -0.2) is 34.9 Å². The van der Waals surface area contributed by atoms with Crippen LogP contribution in [-0.2, 0) is 117 Å². The minimum absolute atomic E-state index is 0. The standard InChI is InChI=1S/C83H103F2N11O16S2.3Na.O3S/c1-57-20-28-72-69(46-57)82(4,5)74(95(72)35-9-11-45-114(105,106)107)30-25-60-15-12-14-59(24-29-73-81(2,3)68-18-6-7-19-71(68)94(73)34-8-10-44-113(102,103)104)78(60)112-66-26-21-58(22-27-66)23-31-75(97)87-33-37-109-39-41-111-43-42-110-40-38-108-36-32-76(98)88-51-64-54-93(91-90-64)53-62-17-13-16-61-52-92(55-67(61)62)77(99)48-63-47-70(89-79(63)100)80(101)96-56-83(84,85)49-65(96)50-86;;;;1-4(2)3/h7,13,16-22,24-30,46,54,63,65,70H,8-12,14-15,23,31-45,47-49,51-53,55-56H2,1-5H3,(H,87,97)(H,88,98)(H,89,100)(H,102,103,104)(H,105,106,107);;;;/q;3*+1;/p-2/t63-,65-,70-;;;;/m0..../s1. The normalized spacial score (nSPS) is 18.7. The molecule has 38 heteroatoms. The molecule has 0 spiro atoms. The topological polar surface area (TPSA) is 400 Å². The number of unbranched alkanes of at least 4 members (excludes halogenated alkanes) is 2. The molecule has 6 aliphatic rings. The van der Waals surface area contributed by atoms with Crippen LogP contribution in [0.15, 0.2) is 132 Å². The number of carbonyl (C=O) groups is 5. The molecule has 2 fully saturated rings. The van der Waals surface area contributed by atoms with E-state index in [0.717, 1.165) is 84.2 Å². The first-order valence-electron chi connectivity index (χ1n) is 39.4. The van der Waals surface area contributed by atoms with Crippen LogP contribution in [0.3, 0.4) is 0 Å². The Labute approximate surface area is 773 Å². The number of likely N-dealkylation sites (tertiary alicyclic amines) is 1. The Balaban J connectivity index is 0.00000282. The Bertz CT molecular complexity index is 5060. The van der Waals surface area contributed by atoms with Gasteiger partial charge in [-0.1, -0.05) is 92.6 Å². The third-order valence-corrected chi connectivity index (χ3v) is 23.2. The predicted octanol–water partition coefficient (Wildman–Crippen LogP) is -1.53. The summed E-state index contributed by atoms with van der Waals surface area (Å²) in [6.07, 6.45) is 13.9. The Morgan fingerprint density at radius 3 is 2.16 bits per heavy atom. The fraction of sp³-hybridized carbons (Fsp3) is 0.506. The number of alkyl halides is 2. The maximum absolute atomic E-state index is 14.0. The zero-order chi connectivity index (χ0) is 85.0. The summed E-state index contributed by atoms with van der Waals surface area (Å²) >= 11 is 0. The summed E-state index contributed by atoms with van der Waals surface area (Å²) in [6, 6.07) is 28.3. The van der Waals surface area contributed by atoms with Gasteiger partial charge in [0.25, 0.3) is 5.92 Å². The van der Waals surface area contributed by atoms with Crippen LogP contribution in [0.1, 0.15) is 149 Å². The van der Waals surface area contributed by atoms with Crippen LogP contribution in [0.5, 0.6) is 5.75 Å². The summed E-state index contributed by atoms with van der Waals surface area (Å²) in [7, 11) is -11.8. The van der Waals surface area contributed by atoms with Gasteiger partial charge < -0.3 is 63.4 Å². The van der Waals surface area contributed by atoms with Crippen molar-refractivity contribution in [2.24, 2.45) is 5.92 Å². The Kier molecular flexibility index (Phi) is 39.3. The maximum Gasteiger partial charge on any atom is 1.00 e. The first-order valence-corrected chi connectivity index (χ1v) is 43.6. The fourth-order valence-electron chi connectivity index (χ4n) is 15.6. The number of allylic oxidation sites excluding steroid dienone is 7. The maximum atomic E-state index is 14.0. The number of halogens is 2. The molecular weight excluding hydrogens is 1660 g/mol. The first kappa shape index (κ1) is 101. The van der Waals surface area contributed by atoms with Gasteiger partial charge in [0.2, 0.25) is 29.5 Å². The average Bonchev–Trinajstić information content (AvgIpc) is 1.61. The van der Waals surface area contributed by atoms with Crippen LogP contribution in [0, 0.1) is 30.2 Å². The Hall–Kier alpha value is -6.77. The number of fused-ring (bicyclic) bond motifs is 3. The minimum Gasteiger partial charge on any atom is -0.748 e. The van der Waals surface area contributed by atoms with E-state index in [4.69, 9.17) is 36.3 Å². The minimum atomic E-state index is -4.36. The molecular formula is C83H101F2N11Na3O19S3+. The molecule has 0 bridgehead atoms. The van der Waals surface area contributed by atoms with Gasteiger partial charge in [0.05, 0.1) is 105 Å². The number of nitrogens with one attached hydrogen (secondary N) is 3. The molecule has 5 aromatic rings. The van der Waals surface area contributed by atoms with Gasteiger partial charge in [-0.2, -0.15) is 23.5 Å². The number of benzene rings is 4. The second-order valence-electron chi connectivity index (χ2n) is 31.0. The van der Waals surface area contributed by atoms with Crippen molar-refractivity contribution < 1.29 is 188 Å². The van der Waals surface area contributed by atoms with Crippen molar-refractivity contribution in [3.8, 4) is 11.8 Å². The van der Waals surface area contributed by atoms with Gasteiger partial charge in [0, 0.05) is 104 Å². The molecule has 6 heterocycles. The number of amides is 5. The van der Waals surface area contributed by atoms with Crippen LogP contribution in [0.2, 0.25) is 0 Å². The smallest absolute Gasteiger partial charge is 0.748 e. The number of nitrogens with zero attached hydrogens (tertiary/aromatic N) is 8. The van der Waals surface area contributed by atoms with Gasteiger partial charge >= 0.3 is 99.3 Å². The summed E-state index contributed by atoms with van der Waals surface area (Å²) in [5.41, 5.74) is 12.8. The molecule has 0 radical (unpaired) electrons. The molecule has 2 saturated heterocycles. The van der Waals surface area contributed by atoms with E-state index in [1.54, 1.807) is 21.8 Å². The molecule has 0 unspecified atom stereocenters. The second-order valence-corrected chi connectivity index (χ2v) is 34.4. The summed E-state index contributed by atoms with van der Waals surface area (Å²) < 4.78 is 156. The largest absolute Gasteiger partial charge is 1.00 e. The molecule has 0 saturated carbocycles. The van der Waals surface area contributed by atoms with E-state index in [0.29, 0.717) is 122 Å². The van der Waals surface area contributed by atoms with Crippen molar-refractivity contribution >= 4 is 77.5 Å². The van der Waals surface area contributed by atoms with Gasteiger partial charge in [-0.15, -0.1) is 23.8 Å². The molecule has 11 rings (SSSR count). The summed E-state index contributed by atoms with van der Waals surface area (Å²) in [5, 5.41) is 26.1. The van der Waals surface area contributed by atoms with E-state index < -0.39 is 102 Å². The van der Waals surface area contributed by atoms with Crippen molar-refractivity contribution in [1.82, 2.24) is 40.7 Å². The van der Waals surface area contributed by atoms with Crippen molar-refractivity contribution in [2.75, 3.05) is 95.4 Å².